The number of hydrogen-bond donors (Lipinski definition) is 0. The van der Waals surface area contributed by atoms with E-state index in [2.05, 4.69) is 249 Å². The van der Waals surface area contributed by atoms with Crippen molar-refractivity contribution in [2.45, 2.75) is 88.1 Å². The first-order valence-electron chi connectivity index (χ1n) is 26.5. The van der Waals surface area contributed by atoms with E-state index in [1.165, 1.54) is 131 Å². The molecule has 0 saturated heterocycles. The summed E-state index contributed by atoms with van der Waals surface area (Å²) < 4.78 is 0. The monoisotopic (exact) mass is 927 g/mol. The lowest BCUT2D eigenvalue weighted by Gasteiger charge is -2.54. The Morgan fingerprint density at radius 3 is 1.71 bits per heavy atom. The van der Waals surface area contributed by atoms with Crippen LogP contribution in [0.15, 0.2) is 206 Å². The number of hydrogen-bond acceptors (Lipinski definition) is 3. The van der Waals surface area contributed by atoms with Crippen LogP contribution in [0.2, 0.25) is 0 Å². The van der Waals surface area contributed by atoms with Gasteiger partial charge >= 0.3 is 0 Å². The van der Waals surface area contributed by atoms with Gasteiger partial charge in [-0.2, -0.15) is 0 Å². The summed E-state index contributed by atoms with van der Waals surface area (Å²) in [6.07, 6.45) is 6.93. The van der Waals surface area contributed by atoms with Gasteiger partial charge in [-0.1, -0.05) is 190 Å². The molecule has 1 saturated carbocycles. The number of benzene rings is 9. The molecule has 9 aromatic carbocycles. The number of para-hydroxylation sites is 1. The quantitative estimate of drug-likeness (QED) is 0.159. The topological polar surface area (TPSA) is 9.72 Å². The molecular formula is C68H58BN3. The van der Waals surface area contributed by atoms with E-state index in [0.29, 0.717) is 0 Å². The lowest BCUT2D eigenvalue weighted by Crippen LogP contribution is -2.64. The molecule has 6 aliphatic rings. The third-order valence-corrected chi connectivity index (χ3v) is 19.4. The number of nitrogens with zero attached hydrogens (tertiary/aromatic N) is 3. The lowest BCUT2D eigenvalue weighted by molar-refractivity contribution is 0.195. The fourth-order valence-electron chi connectivity index (χ4n) is 15.5. The van der Waals surface area contributed by atoms with E-state index in [4.69, 9.17) is 0 Å². The Balaban J connectivity index is 1.07. The Bertz CT molecular complexity index is 3680. The summed E-state index contributed by atoms with van der Waals surface area (Å²) in [7, 11) is 0. The normalized spacial score (nSPS) is 23.6. The van der Waals surface area contributed by atoms with E-state index in [1.807, 2.05) is 0 Å². The zero-order valence-corrected chi connectivity index (χ0v) is 41.8. The maximum atomic E-state index is 2.92. The molecule has 4 heteroatoms. The van der Waals surface area contributed by atoms with Gasteiger partial charge in [-0.15, -0.1) is 0 Å². The molecule has 4 unspecified atom stereocenters. The second kappa shape index (κ2) is 15.0. The minimum atomic E-state index is -0.345. The Morgan fingerprint density at radius 1 is 0.389 bits per heavy atom. The maximum Gasteiger partial charge on any atom is 0.252 e. The molecule has 4 atom stereocenters. The molecule has 3 nitrogen and oxygen atoms in total. The Kier molecular flexibility index (Phi) is 8.78. The molecule has 1 fully saturated rings. The van der Waals surface area contributed by atoms with Gasteiger partial charge in [0.1, 0.15) is 0 Å². The van der Waals surface area contributed by atoms with E-state index in [0.717, 1.165) is 19.3 Å². The number of fused-ring (bicyclic) bond motifs is 12. The fourth-order valence-corrected chi connectivity index (χ4v) is 15.5. The highest BCUT2D eigenvalue weighted by atomic mass is 15.3. The van der Waals surface area contributed by atoms with Gasteiger partial charge in [-0.05, 0) is 154 Å². The predicted molar refractivity (Wildman–Crippen MR) is 303 cm³/mol. The minimum absolute atomic E-state index is 0.00862. The highest BCUT2D eigenvalue weighted by Crippen LogP contribution is 2.66. The van der Waals surface area contributed by atoms with Gasteiger partial charge in [0, 0.05) is 50.6 Å². The van der Waals surface area contributed by atoms with Crippen molar-refractivity contribution in [2.24, 2.45) is 0 Å². The van der Waals surface area contributed by atoms with Crippen LogP contribution in [0.4, 0.5) is 39.8 Å². The van der Waals surface area contributed by atoms with Crippen molar-refractivity contribution in [1.29, 1.82) is 0 Å². The second-order valence-electron chi connectivity index (χ2n) is 22.6. The highest BCUT2D eigenvalue weighted by molar-refractivity contribution is 7.00. The smallest absolute Gasteiger partial charge is 0.252 e. The van der Waals surface area contributed by atoms with E-state index in [9.17, 15) is 0 Å². The molecule has 0 aromatic heterocycles. The fraction of sp³-hybridized carbons (Fsp3) is 0.206. The third kappa shape index (κ3) is 5.43. The molecule has 4 heterocycles. The summed E-state index contributed by atoms with van der Waals surface area (Å²) in [4.78, 5) is 8.36. The molecule has 0 N–H and O–H groups in total. The SMILES string of the molecule is CC12CCCCC1(C)N1c3cc(N4c5ccccc5C5(C)CCc6ccccc6C45C)cc4c3B(c3cc(-c5ccccc5)ccc3N4c3ccc(-c4ccccc4)cc3)c3cc(-c4ccccc4)cc2c31. The van der Waals surface area contributed by atoms with Crippen molar-refractivity contribution >= 4 is 62.9 Å². The van der Waals surface area contributed by atoms with Crippen LogP contribution in [0.3, 0.4) is 0 Å². The first-order chi connectivity index (χ1) is 35.2. The minimum Gasteiger partial charge on any atom is -0.335 e. The summed E-state index contributed by atoms with van der Waals surface area (Å²) in [6, 6.07) is 79.0. The first kappa shape index (κ1) is 42.2. The van der Waals surface area contributed by atoms with Crippen molar-refractivity contribution in [3.8, 4) is 33.4 Å². The van der Waals surface area contributed by atoms with E-state index < -0.39 is 0 Å². The van der Waals surface area contributed by atoms with Crippen LogP contribution in [0.25, 0.3) is 33.4 Å². The summed E-state index contributed by atoms with van der Waals surface area (Å²) in [5, 5.41) is 0. The molecule has 0 bridgehead atoms. The average Bonchev–Trinajstić information content (AvgIpc) is 3.79. The molecule has 2 aliphatic carbocycles. The summed E-state index contributed by atoms with van der Waals surface area (Å²) in [5.74, 6) is 0. The Morgan fingerprint density at radius 2 is 0.972 bits per heavy atom. The van der Waals surface area contributed by atoms with Crippen molar-refractivity contribution in [2.75, 3.05) is 14.7 Å². The summed E-state index contributed by atoms with van der Waals surface area (Å²) in [5.41, 5.74) is 26.0. The van der Waals surface area contributed by atoms with E-state index in [-0.39, 0.29) is 28.6 Å². The van der Waals surface area contributed by atoms with Crippen LogP contribution in [0.5, 0.6) is 0 Å². The summed E-state index contributed by atoms with van der Waals surface area (Å²) >= 11 is 0. The Labute approximate surface area is 425 Å². The largest absolute Gasteiger partial charge is 0.335 e. The zero-order valence-electron chi connectivity index (χ0n) is 41.8. The van der Waals surface area contributed by atoms with Crippen molar-refractivity contribution in [3.05, 3.63) is 229 Å². The van der Waals surface area contributed by atoms with E-state index in [1.54, 1.807) is 0 Å². The molecule has 0 spiro atoms. The van der Waals surface area contributed by atoms with Crippen LogP contribution in [0.1, 0.15) is 82.1 Å². The second-order valence-corrected chi connectivity index (χ2v) is 22.6. The van der Waals surface area contributed by atoms with Crippen LogP contribution in [-0.4, -0.2) is 12.3 Å². The van der Waals surface area contributed by atoms with Gasteiger partial charge in [0.2, 0.25) is 0 Å². The van der Waals surface area contributed by atoms with E-state index >= 15 is 0 Å². The summed E-state index contributed by atoms with van der Waals surface area (Å²) in [6.45, 7) is 10.4. The highest BCUT2D eigenvalue weighted by Gasteiger charge is 2.63. The third-order valence-electron chi connectivity index (χ3n) is 19.4. The predicted octanol–water partition coefficient (Wildman–Crippen LogP) is 15.3. The molecule has 15 rings (SSSR count). The molecule has 348 valence electrons. The van der Waals surface area contributed by atoms with Crippen molar-refractivity contribution in [3.63, 3.8) is 0 Å². The molecule has 0 amide bonds. The van der Waals surface area contributed by atoms with Crippen molar-refractivity contribution < 1.29 is 0 Å². The van der Waals surface area contributed by atoms with Crippen LogP contribution >= 0.6 is 0 Å². The van der Waals surface area contributed by atoms with Gasteiger partial charge in [-0.3, -0.25) is 0 Å². The van der Waals surface area contributed by atoms with Gasteiger partial charge in [-0.25, -0.2) is 0 Å². The molecule has 72 heavy (non-hydrogen) atoms. The number of anilines is 7. The van der Waals surface area contributed by atoms with Gasteiger partial charge in [0.25, 0.3) is 6.71 Å². The van der Waals surface area contributed by atoms with Gasteiger partial charge in [0.15, 0.2) is 0 Å². The van der Waals surface area contributed by atoms with Crippen LogP contribution in [0, 0.1) is 0 Å². The first-order valence-corrected chi connectivity index (χ1v) is 26.5. The zero-order chi connectivity index (χ0) is 48.1. The van der Waals surface area contributed by atoms with Gasteiger partial charge < -0.3 is 14.7 Å². The van der Waals surface area contributed by atoms with Crippen molar-refractivity contribution in [1.82, 2.24) is 0 Å². The number of aryl methyl sites for hydroxylation is 1. The molecule has 9 aromatic rings. The molecular weight excluding hydrogens is 870 g/mol. The van der Waals surface area contributed by atoms with Crippen LogP contribution < -0.4 is 31.1 Å². The standard InChI is InChI=1S/C68H58BN3/c1-65-37-18-19-38-67(65,3)72-62-44-53(71-59-29-17-16-28-55(59)66(2)39-36-49-26-14-15-27-54(49)68(66,71)4)43-61-63(62)69(58-42-51(40-56(65)64(58)72)47-24-12-7-13-25-47)57-41-50(46-22-10-6-11-23-46)32-35-60(57)70(61)52-33-30-48(31-34-52)45-20-8-5-9-21-45/h5-17,20-35,40-44H,18-19,36-39H2,1-4H3. The molecule has 4 aliphatic heterocycles. The maximum absolute atomic E-state index is 2.92. The van der Waals surface area contributed by atoms with Crippen LogP contribution in [-0.2, 0) is 22.8 Å². The Hall–Kier alpha value is -7.56. The lowest BCUT2D eigenvalue weighted by atomic mass is 9.33. The molecule has 0 radical (unpaired) electrons. The van der Waals surface area contributed by atoms with Gasteiger partial charge in [0.05, 0.1) is 11.1 Å². The average molecular weight is 928 g/mol. The number of rotatable bonds is 5.